The van der Waals surface area contributed by atoms with Crippen molar-refractivity contribution in [2.24, 2.45) is 0 Å². The second-order valence-corrected chi connectivity index (χ2v) is 6.94. The third kappa shape index (κ3) is 5.97. The van der Waals surface area contributed by atoms with Crippen LogP contribution in [-0.2, 0) is 14.3 Å². The third-order valence-electron chi connectivity index (χ3n) is 4.65. The summed E-state index contributed by atoms with van der Waals surface area (Å²) in [4.78, 5) is 24.8. The molecule has 1 amide bonds. The fraction of sp³-hybridized carbons (Fsp3) is 0.391. The minimum absolute atomic E-state index is 0.127. The molecule has 0 bridgehead atoms. The van der Waals surface area contributed by atoms with Gasteiger partial charge in [-0.1, -0.05) is 12.1 Å². The minimum Gasteiger partial charge on any atom is -0.492 e. The van der Waals surface area contributed by atoms with Crippen LogP contribution in [-0.4, -0.2) is 43.9 Å². The molecule has 1 aliphatic rings. The van der Waals surface area contributed by atoms with E-state index in [1.807, 2.05) is 13.0 Å². The first-order chi connectivity index (χ1) is 14.6. The maximum atomic E-state index is 12.4. The van der Waals surface area contributed by atoms with Gasteiger partial charge in [-0.2, -0.15) is 0 Å². The normalized spacial score (nSPS) is 16.5. The molecule has 160 valence electrons. The highest BCUT2D eigenvalue weighted by molar-refractivity contribution is 5.98. The highest BCUT2D eigenvalue weighted by Crippen LogP contribution is 2.24. The predicted molar refractivity (Wildman–Crippen MR) is 112 cm³/mol. The smallest absolute Gasteiger partial charge is 0.338 e. The maximum absolute atomic E-state index is 12.4. The van der Waals surface area contributed by atoms with E-state index >= 15 is 0 Å². The van der Waals surface area contributed by atoms with E-state index in [9.17, 15) is 9.59 Å². The monoisotopic (exact) mass is 413 g/mol. The van der Waals surface area contributed by atoms with Crippen LogP contribution in [0.25, 0.3) is 0 Å². The first kappa shape index (κ1) is 21.6. The van der Waals surface area contributed by atoms with Crippen LogP contribution in [0.15, 0.2) is 48.5 Å². The lowest BCUT2D eigenvalue weighted by Gasteiger charge is -2.16. The van der Waals surface area contributed by atoms with E-state index in [1.165, 1.54) is 6.92 Å². The van der Waals surface area contributed by atoms with Gasteiger partial charge in [-0.3, -0.25) is 4.79 Å². The highest BCUT2D eigenvalue weighted by atomic mass is 16.5. The minimum atomic E-state index is -0.970. The number of hydrogen-bond donors (Lipinski definition) is 1. The molecule has 2 atom stereocenters. The van der Waals surface area contributed by atoms with Gasteiger partial charge in [0.25, 0.3) is 5.91 Å². The molecule has 1 aliphatic heterocycles. The van der Waals surface area contributed by atoms with Gasteiger partial charge >= 0.3 is 5.97 Å². The second-order valence-electron chi connectivity index (χ2n) is 6.94. The number of rotatable bonds is 9. The molecule has 2 aromatic rings. The van der Waals surface area contributed by atoms with Crippen LogP contribution < -0.4 is 14.8 Å². The number of amides is 1. The zero-order valence-corrected chi connectivity index (χ0v) is 17.3. The molecule has 7 heteroatoms. The number of para-hydroxylation sites is 2. The Kier molecular flexibility index (Phi) is 7.68. The van der Waals surface area contributed by atoms with E-state index < -0.39 is 18.0 Å². The van der Waals surface area contributed by atoms with Crippen molar-refractivity contribution in [1.82, 2.24) is 0 Å². The first-order valence-corrected chi connectivity index (χ1v) is 10.1. The topological polar surface area (TPSA) is 83.1 Å². The van der Waals surface area contributed by atoms with Crippen molar-refractivity contribution in [1.29, 1.82) is 0 Å². The summed E-state index contributed by atoms with van der Waals surface area (Å²) in [6, 6.07) is 13.7. The van der Waals surface area contributed by atoms with Crippen molar-refractivity contribution < 1.29 is 28.5 Å². The van der Waals surface area contributed by atoms with E-state index in [0.717, 1.165) is 19.4 Å². The molecule has 0 aliphatic carbocycles. The Balaban J connectivity index is 1.51. The van der Waals surface area contributed by atoms with Crippen LogP contribution in [0.2, 0.25) is 0 Å². The number of esters is 1. The molecular formula is C23H27NO6. The van der Waals surface area contributed by atoms with Crippen LogP contribution in [0.3, 0.4) is 0 Å². The van der Waals surface area contributed by atoms with Crippen LogP contribution >= 0.6 is 0 Å². The van der Waals surface area contributed by atoms with Gasteiger partial charge in [0.05, 0.1) is 24.0 Å². The highest BCUT2D eigenvalue weighted by Gasteiger charge is 2.20. The van der Waals surface area contributed by atoms with Crippen LogP contribution in [0.1, 0.15) is 37.0 Å². The van der Waals surface area contributed by atoms with E-state index in [2.05, 4.69) is 5.32 Å². The second kappa shape index (κ2) is 10.6. The molecule has 3 rings (SSSR count). The summed E-state index contributed by atoms with van der Waals surface area (Å²) in [6.07, 6.45) is 1.21. The maximum Gasteiger partial charge on any atom is 0.338 e. The number of anilines is 1. The molecule has 1 saturated heterocycles. The lowest BCUT2D eigenvalue weighted by molar-refractivity contribution is -0.123. The molecule has 1 fully saturated rings. The van der Waals surface area contributed by atoms with Gasteiger partial charge in [-0.15, -0.1) is 0 Å². The summed E-state index contributed by atoms with van der Waals surface area (Å²) in [5.41, 5.74) is 0.869. The van der Waals surface area contributed by atoms with E-state index in [4.69, 9.17) is 18.9 Å². The van der Waals surface area contributed by atoms with Crippen molar-refractivity contribution >= 4 is 17.6 Å². The van der Waals surface area contributed by atoms with E-state index in [1.54, 1.807) is 42.5 Å². The summed E-state index contributed by atoms with van der Waals surface area (Å²) in [6.45, 7) is 5.13. The first-order valence-electron chi connectivity index (χ1n) is 10.1. The Hall–Kier alpha value is -3.06. The molecule has 0 unspecified atom stereocenters. The number of nitrogens with one attached hydrogen (secondary N) is 1. The molecule has 2 aromatic carbocycles. The fourth-order valence-electron chi connectivity index (χ4n) is 3.02. The van der Waals surface area contributed by atoms with Gasteiger partial charge in [0.15, 0.2) is 6.10 Å². The molecular weight excluding hydrogens is 386 g/mol. The van der Waals surface area contributed by atoms with Crippen molar-refractivity contribution in [3.8, 4) is 11.5 Å². The molecule has 0 spiro atoms. The number of benzene rings is 2. The average molecular weight is 413 g/mol. The van der Waals surface area contributed by atoms with Gasteiger partial charge in [0, 0.05) is 6.61 Å². The van der Waals surface area contributed by atoms with Gasteiger partial charge in [-0.25, -0.2) is 4.79 Å². The standard InChI is InChI=1S/C23H27NO6/c1-3-27-21-9-5-4-8-20(21)24-22(25)16(2)30-23(26)17-10-12-18(13-11-17)29-15-19-7-6-14-28-19/h4-5,8-13,16,19H,3,6-7,14-15H2,1-2H3,(H,24,25)/t16-,19+/m1/s1. The van der Waals surface area contributed by atoms with Crippen LogP contribution in [0.4, 0.5) is 5.69 Å². The lowest BCUT2D eigenvalue weighted by Crippen LogP contribution is -2.30. The zero-order valence-electron chi connectivity index (χ0n) is 17.3. The molecule has 7 nitrogen and oxygen atoms in total. The summed E-state index contributed by atoms with van der Waals surface area (Å²) < 4.78 is 22.0. The quantitative estimate of drug-likeness (QED) is 0.629. The SMILES string of the molecule is CCOc1ccccc1NC(=O)[C@@H](C)OC(=O)c1ccc(OC[C@@H]2CCCO2)cc1. The largest absolute Gasteiger partial charge is 0.492 e. The molecule has 1 heterocycles. The number of hydrogen-bond acceptors (Lipinski definition) is 6. The molecule has 1 N–H and O–H groups in total. The molecule has 0 saturated carbocycles. The van der Waals surface area contributed by atoms with Gasteiger partial charge in [0.2, 0.25) is 0 Å². The zero-order chi connectivity index (χ0) is 21.3. The Morgan fingerprint density at radius 2 is 1.90 bits per heavy atom. The molecule has 30 heavy (non-hydrogen) atoms. The van der Waals surface area contributed by atoms with Crippen molar-refractivity contribution in [2.75, 3.05) is 25.1 Å². The Morgan fingerprint density at radius 1 is 1.13 bits per heavy atom. The van der Waals surface area contributed by atoms with Gasteiger partial charge in [0.1, 0.15) is 18.1 Å². The Morgan fingerprint density at radius 3 is 2.60 bits per heavy atom. The Bertz CT molecular complexity index is 845. The van der Waals surface area contributed by atoms with Crippen molar-refractivity contribution in [2.45, 2.75) is 38.9 Å². The van der Waals surface area contributed by atoms with Crippen molar-refractivity contribution in [3.05, 3.63) is 54.1 Å². The summed E-state index contributed by atoms with van der Waals surface area (Å²) in [5, 5.41) is 2.73. The average Bonchev–Trinajstić information content (AvgIpc) is 3.28. The van der Waals surface area contributed by atoms with E-state index in [-0.39, 0.29) is 6.10 Å². The number of carbonyl (C=O) groups excluding carboxylic acids is 2. The number of carbonyl (C=O) groups is 2. The van der Waals surface area contributed by atoms with Crippen LogP contribution in [0, 0.1) is 0 Å². The Labute approximate surface area is 176 Å². The van der Waals surface area contributed by atoms with Gasteiger partial charge in [-0.05, 0) is 63.1 Å². The van der Waals surface area contributed by atoms with E-state index in [0.29, 0.717) is 36.0 Å². The predicted octanol–water partition coefficient (Wildman–Crippen LogP) is 3.83. The summed E-state index contributed by atoms with van der Waals surface area (Å²) in [5.74, 6) is 0.194. The van der Waals surface area contributed by atoms with Gasteiger partial charge < -0.3 is 24.3 Å². The van der Waals surface area contributed by atoms with Crippen molar-refractivity contribution in [3.63, 3.8) is 0 Å². The lowest BCUT2D eigenvalue weighted by atomic mass is 10.2. The third-order valence-corrected chi connectivity index (χ3v) is 4.65. The summed E-state index contributed by atoms with van der Waals surface area (Å²) >= 11 is 0. The summed E-state index contributed by atoms with van der Waals surface area (Å²) in [7, 11) is 0. The number of ether oxygens (including phenoxy) is 4. The molecule has 0 aromatic heterocycles. The fourth-order valence-corrected chi connectivity index (χ4v) is 3.02. The molecule has 0 radical (unpaired) electrons. The van der Waals surface area contributed by atoms with Crippen LogP contribution in [0.5, 0.6) is 11.5 Å².